The van der Waals surface area contributed by atoms with Crippen molar-refractivity contribution in [2.75, 3.05) is 5.73 Å². The Morgan fingerprint density at radius 2 is 1.30 bits per heavy atom. The highest BCUT2D eigenvalue weighted by Crippen LogP contribution is 2.22. The van der Waals surface area contributed by atoms with Gasteiger partial charge in [-0.15, -0.1) is 0 Å². The summed E-state index contributed by atoms with van der Waals surface area (Å²) < 4.78 is 0. The fourth-order valence-corrected chi connectivity index (χ4v) is 2.37. The van der Waals surface area contributed by atoms with Gasteiger partial charge >= 0.3 is 0 Å². The standard InChI is InChI=1S/C19H17N/c20-19-11-9-17(10-12-19)18-8-4-7-16(14-18)13-15-5-2-1-3-6-15/h1-12,14H,13,20H2. The summed E-state index contributed by atoms with van der Waals surface area (Å²) in [7, 11) is 0. The maximum Gasteiger partial charge on any atom is 0.0314 e. The second-order valence-corrected chi connectivity index (χ2v) is 4.98. The monoisotopic (exact) mass is 259 g/mol. The van der Waals surface area contributed by atoms with Crippen LogP contribution in [-0.4, -0.2) is 0 Å². The van der Waals surface area contributed by atoms with Crippen molar-refractivity contribution >= 4 is 5.69 Å². The highest BCUT2D eigenvalue weighted by atomic mass is 14.5. The second-order valence-electron chi connectivity index (χ2n) is 4.98. The summed E-state index contributed by atoms with van der Waals surface area (Å²) in [6.45, 7) is 0. The Morgan fingerprint density at radius 3 is 2.05 bits per heavy atom. The lowest BCUT2D eigenvalue weighted by Gasteiger charge is -2.06. The topological polar surface area (TPSA) is 26.0 Å². The molecule has 0 aromatic heterocycles. The Kier molecular flexibility index (Phi) is 3.51. The molecule has 0 spiro atoms. The molecular weight excluding hydrogens is 242 g/mol. The summed E-state index contributed by atoms with van der Waals surface area (Å²) >= 11 is 0. The van der Waals surface area contributed by atoms with Gasteiger partial charge in [0.15, 0.2) is 0 Å². The van der Waals surface area contributed by atoms with Crippen molar-refractivity contribution in [3.05, 3.63) is 90.0 Å². The van der Waals surface area contributed by atoms with Gasteiger partial charge in [-0.05, 0) is 40.8 Å². The lowest BCUT2D eigenvalue weighted by Crippen LogP contribution is -1.89. The molecule has 0 aliphatic carbocycles. The molecule has 0 unspecified atom stereocenters. The molecule has 0 radical (unpaired) electrons. The minimum Gasteiger partial charge on any atom is -0.399 e. The van der Waals surface area contributed by atoms with E-state index in [1.54, 1.807) is 0 Å². The van der Waals surface area contributed by atoms with Gasteiger partial charge in [-0.1, -0.05) is 66.7 Å². The first-order valence-corrected chi connectivity index (χ1v) is 6.80. The molecule has 20 heavy (non-hydrogen) atoms. The number of anilines is 1. The number of hydrogen-bond donors (Lipinski definition) is 1. The van der Waals surface area contributed by atoms with Crippen molar-refractivity contribution in [3.8, 4) is 11.1 Å². The quantitative estimate of drug-likeness (QED) is 0.687. The van der Waals surface area contributed by atoms with E-state index in [1.807, 2.05) is 18.2 Å². The highest BCUT2D eigenvalue weighted by molar-refractivity contribution is 5.66. The van der Waals surface area contributed by atoms with E-state index < -0.39 is 0 Å². The average Bonchev–Trinajstić information content (AvgIpc) is 2.49. The number of rotatable bonds is 3. The van der Waals surface area contributed by atoms with Crippen LogP contribution in [0.25, 0.3) is 11.1 Å². The number of benzene rings is 3. The van der Waals surface area contributed by atoms with Gasteiger partial charge in [-0.25, -0.2) is 0 Å². The van der Waals surface area contributed by atoms with Crippen LogP contribution in [0.4, 0.5) is 5.69 Å². The second kappa shape index (κ2) is 5.62. The lowest BCUT2D eigenvalue weighted by molar-refractivity contribution is 1.19. The molecule has 98 valence electrons. The molecule has 0 heterocycles. The molecule has 1 nitrogen and oxygen atoms in total. The minimum atomic E-state index is 0.800. The van der Waals surface area contributed by atoms with E-state index in [4.69, 9.17) is 5.73 Å². The van der Waals surface area contributed by atoms with Crippen LogP contribution in [0.1, 0.15) is 11.1 Å². The molecule has 3 aromatic rings. The van der Waals surface area contributed by atoms with Gasteiger partial charge < -0.3 is 5.73 Å². The third-order valence-electron chi connectivity index (χ3n) is 3.42. The largest absolute Gasteiger partial charge is 0.399 e. The molecular formula is C19H17N. The van der Waals surface area contributed by atoms with Crippen LogP contribution < -0.4 is 5.73 Å². The molecule has 3 aromatic carbocycles. The zero-order valence-electron chi connectivity index (χ0n) is 11.3. The third kappa shape index (κ3) is 2.89. The fraction of sp³-hybridized carbons (Fsp3) is 0.0526. The summed E-state index contributed by atoms with van der Waals surface area (Å²) in [5.41, 5.74) is 11.6. The van der Waals surface area contributed by atoms with Crippen LogP contribution in [0.5, 0.6) is 0 Å². The summed E-state index contributed by atoms with van der Waals surface area (Å²) in [4.78, 5) is 0. The van der Waals surface area contributed by atoms with E-state index in [2.05, 4.69) is 60.7 Å². The van der Waals surface area contributed by atoms with Crippen molar-refractivity contribution in [1.29, 1.82) is 0 Å². The predicted octanol–water partition coefficient (Wildman–Crippen LogP) is 4.53. The van der Waals surface area contributed by atoms with Crippen molar-refractivity contribution in [3.63, 3.8) is 0 Å². The zero-order chi connectivity index (χ0) is 13.8. The first kappa shape index (κ1) is 12.5. The summed E-state index contributed by atoms with van der Waals surface area (Å²) in [6.07, 6.45) is 0.962. The Labute approximate surface area is 119 Å². The van der Waals surface area contributed by atoms with E-state index in [-0.39, 0.29) is 0 Å². The van der Waals surface area contributed by atoms with Crippen LogP contribution in [0.15, 0.2) is 78.9 Å². The summed E-state index contributed by atoms with van der Waals surface area (Å²) in [5.74, 6) is 0. The molecule has 0 aliphatic rings. The van der Waals surface area contributed by atoms with Crippen LogP contribution in [-0.2, 0) is 6.42 Å². The minimum absolute atomic E-state index is 0.800. The first-order valence-electron chi connectivity index (χ1n) is 6.80. The van der Waals surface area contributed by atoms with Gasteiger partial charge in [0.05, 0.1) is 0 Å². The molecule has 0 atom stereocenters. The molecule has 0 bridgehead atoms. The van der Waals surface area contributed by atoms with E-state index in [1.165, 1.54) is 22.3 Å². The number of hydrogen-bond acceptors (Lipinski definition) is 1. The predicted molar refractivity (Wildman–Crippen MR) is 85.5 cm³/mol. The Bertz CT molecular complexity index is 684. The molecule has 0 aliphatic heterocycles. The number of nitrogens with two attached hydrogens (primary N) is 1. The smallest absolute Gasteiger partial charge is 0.0314 e. The van der Waals surface area contributed by atoms with E-state index in [0.717, 1.165) is 12.1 Å². The van der Waals surface area contributed by atoms with Crippen LogP contribution >= 0.6 is 0 Å². The SMILES string of the molecule is Nc1ccc(-c2cccc(Cc3ccccc3)c2)cc1. The lowest BCUT2D eigenvalue weighted by atomic mass is 9.99. The maximum absolute atomic E-state index is 5.74. The van der Waals surface area contributed by atoms with Crippen LogP contribution in [0, 0.1) is 0 Å². The zero-order valence-corrected chi connectivity index (χ0v) is 11.3. The van der Waals surface area contributed by atoms with Gasteiger partial charge in [0, 0.05) is 5.69 Å². The third-order valence-corrected chi connectivity index (χ3v) is 3.42. The van der Waals surface area contributed by atoms with E-state index >= 15 is 0 Å². The summed E-state index contributed by atoms with van der Waals surface area (Å²) in [5, 5.41) is 0. The molecule has 0 fully saturated rings. The molecule has 0 saturated carbocycles. The van der Waals surface area contributed by atoms with Crippen LogP contribution in [0.3, 0.4) is 0 Å². The van der Waals surface area contributed by atoms with Gasteiger partial charge in [-0.2, -0.15) is 0 Å². The molecule has 0 saturated heterocycles. The van der Waals surface area contributed by atoms with Gasteiger partial charge in [-0.3, -0.25) is 0 Å². The Hall–Kier alpha value is -2.54. The Balaban J connectivity index is 1.88. The maximum atomic E-state index is 5.74. The van der Waals surface area contributed by atoms with Crippen molar-refractivity contribution < 1.29 is 0 Å². The summed E-state index contributed by atoms with van der Waals surface area (Å²) in [6, 6.07) is 27.2. The molecule has 0 amide bonds. The first-order chi connectivity index (χ1) is 9.81. The molecule has 1 heteroatoms. The van der Waals surface area contributed by atoms with Gasteiger partial charge in [0.1, 0.15) is 0 Å². The average molecular weight is 259 g/mol. The normalized spacial score (nSPS) is 10.4. The van der Waals surface area contributed by atoms with E-state index in [9.17, 15) is 0 Å². The molecule has 2 N–H and O–H groups in total. The van der Waals surface area contributed by atoms with Gasteiger partial charge in [0.25, 0.3) is 0 Å². The van der Waals surface area contributed by atoms with Gasteiger partial charge in [0.2, 0.25) is 0 Å². The van der Waals surface area contributed by atoms with Crippen molar-refractivity contribution in [2.24, 2.45) is 0 Å². The number of nitrogen functional groups attached to an aromatic ring is 1. The van der Waals surface area contributed by atoms with Crippen LogP contribution in [0.2, 0.25) is 0 Å². The Morgan fingerprint density at radius 1 is 0.600 bits per heavy atom. The molecule has 3 rings (SSSR count). The fourth-order valence-electron chi connectivity index (χ4n) is 2.37. The van der Waals surface area contributed by atoms with E-state index in [0.29, 0.717) is 0 Å². The van der Waals surface area contributed by atoms with Crippen molar-refractivity contribution in [2.45, 2.75) is 6.42 Å². The van der Waals surface area contributed by atoms with Crippen molar-refractivity contribution in [1.82, 2.24) is 0 Å². The highest BCUT2D eigenvalue weighted by Gasteiger charge is 2.00.